The zero-order chi connectivity index (χ0) is 19.3. The number of aromatic amines is 2. The fourth-order valence-electron chi connectivity index (χ4n) is 5.16. The number of ether oxygens (including phenoxy) is 1. The topological polar surface area (TPSA) is 60.2 Å². The summed E-state index contributed by atoms with van der Waals surface area (Å²) in [5.41, 5.74) is 6.57. The van der Waals surface area contributed by atoms with E-state index >= 15 is 0 Å². The van der Waals surface area contributed by atoms with Crippen LogP contribution in [0.15, 0.2) is 24.5 Å². The Labute approximate surface area is 165 Å². The molecule has 0 bridgehead atoms. The van der Waals surface area contributed by atoms with Gasteiger partial charge < -0.3 is 14.7 Å². The van der Waals surface area contributed by atoms with Gasteiger partial charge in [0.1, 0.15) is 5.75 Å². The van der Waals surface area contributed by atoms with E-state index in [4.69, 9.17) is 9.72 Å². The fourth-order valence-corrected chi connectivity index (χ4v) is 5.16. The molecule has 0 unspecified atom stereocenters. The Bertz CT molecular complexity index is 996. The van der Waals surface area contributed by atoms with Gasteiger partial charge in [0.15, 0.2) is 0 Å². The largest absolute Gasteiger partial charge is 0.497 e. The first-order valence-corrected chi connectivity index (χ1v) is 10.2. The third kappa shape index (κ3) is 2.66. The van der Waals surface area contributed by atoms with Gasteiger partial charge in [0, 0.05) is 54.9 Å². The number of benzene rings is 1. The first-order chi connectivity index (χ1) is 13.6. The summed E-state index contributed by atoms with van der Waals surface area (Å²) < 4.78 is 5.39. The van der Waals surface area contributed by atoms with Crippen LogP contribution in [0.5, 0.6) is 5.75 Å². The maximum Gasteiger partial charge on any atom is 0.119 e. The van der Waals surface area contributed by atoms with Crippen molar-refractivity contribution < 1.29 is 4.74 Å². The number of hydrogen-bond donors (Lipinski definition) is 2. The van der Waals surface area contributed by atoms with Crippen molar-refractivity contribution in [2.45, 2.75) is 38.3 Å². The molecule has 6 heteroatoms. The first kappa shape index (κ1) is 17.8. The maximum absolute atomic E-state index is 5.39. The van der Waals surface area contributed by atoms with Crippen molar-refractivity contribution in [1.82, 2.24) is 24.8 Å². The molecule has 28 heavy (non-hydrogen) atoms. The predicted octanol–water partition coefficient (Wildman–Crippen LogP) is 3.19. The zero-order valence-electron chi connectivity index (χ0n) is 17.0. The van der Waals surface area contributed by atoms with E-state index in [9.17, 15) is 0 Å². The molecule has 2 aromatic heterocycles. The molecule has 0 amide bonds. The molecule has 2 aliphatic rings. The van der Waals surface area contributed by atoms with E-state index in [-0.39, 0.29) is 5.54 Å². The van der Waals surface area contributed by atoms with E-state index in [0.717, 1.165) is 51.2 Å². The number of aromatic nitrogens is 3. The van der Waals surface area contributed by atoms with Gasteiger partial charge in [-0.1, -0.05) is 0 Å². The highest BCUT2D eigenvalue weighted by molar-refractivity contribution is 5.85. The van der Waals surface area contributed by atoms with Gasteiger partial charge in [-0.25, -0.2) is 4.98 Å². The van der Waals surface area contributed by atoms with Gasteiger partial charge in [-0.05, 0) is 50.6 Å². The average Bonchev–Trinajstić information content (AvgIpc) is 3.32. The Hall–Kier alpha value is -2.31. The summed E-state index contributed by atoms with van der Waals surface area (Å²) in [7, 11) is 3.99. The van der Waals surface area contributed by atoms with E-state index in [1.165, 1.54) is 33.5 Å². The first-order valence-electron chi connectivity index (χ1n) is 10.2. The van der Waals surface area contributed by atoms with Crippen LogP contribution in [0, 0.1) is 6.92 Å². The van der Waals surface area contributed by atoms with E-state index in [1.807, 2.05) is 12.4 Å². The maximum atomic E-state index is 5.39. The molecule has 148 valence electrons. The van der Waals surface area contributed by atoms with Gasteiger partial charge in [-0.2, -0.15) is 0 Å². The van der Waals surface area contributed by atoms with E-state index in [1.54, 1.807) is 7.11 Å². The molecule has 5 rings (SSSR count). The smallest absolute Gasteiger partial charge is 0.119 e. The number of likely N-dealkylation sites (tertiary alicyclic amines) is 1. The predicted molar refractivity (Wildman–Crippen MR) is 111 cm³/mol. The molecule has 1 saturated heterocycles. The third-order valence-electron chi connectivity index (χ3n) is 7.02. The van der Waals surface area contributed by atoms with Crippen LogP contribution in [0.25, 0.3) is 10.9 Å². The van der Waals surface area contributed by atoms with Crippen molar-refractivity contribution in [3.8, 4) is 5.75 Å². The second-order valence-corrected chi connectivity index (χ2v) is 8.35. The van der Waals surface area contributed by atoms with Crippen LogP contribution in [0.3, 0.4) is 0 Å². The highest BCUT2D eigenvalue weighted by atomic mass is 16.5. The lowest BCUT2D eigenvalue weighted by molar-refractivity contribution is 0.0218. The van der Waals surface area contributed by atoms with Gasteiger partial charge >= 0.3 is 0 Å². The summed E-state index contributed by atoms with van der Waals surface area (Å²) in [6.45, 7) is 6.47. The van der Waals surface area contributed by atoms with Crippen LogP contribution < -0.4 is 4.74 Å². The minimum absolute atomic E-state index is 0.104. The fraction of sp³-hybridized carbons (Fsp3) is 0.500. The summed E-state index contributed by atoms with van der Waals surface area (Å²) in [6.07, 6.45) is 5.22. The lowest BCUT2D eigenvalue weighted by atomic mass is 9.79. The van der Waals surface area contributed by atoms with Crippen LogP contribution in [0.1, 0.15) is 35.5 Å². The molecule has 1 fully saturated rings. The monoisotopic (exact) mass is 379 g/mol. The second-order valence-electron chi connectivity index (χ2n) is 8.35. The van der Waals surface area contributed by atoms with Crippen LogP contribution in [-0.4, -0.2) is 58.5 Å². The summed E-state index contributed by atoms with van der Waals surface area (Å²) in [4.78, 5) is 16.8. The SMILES string of the molecule is COc1ccc2[nH]c(CN3CCC4(CC3)c3nc[nH]c3CCN4C)c(C)c2c1. The van der Waals surface area contributed by atoms with Crippen molar-refractivity contribution in [2.75, 3.05) is 33.8 Å². The lowest BCUT2D eigenvalue weighted by Crippen LogP contribution is -2.54. The number of imidazole rings is 1. The molecule has 6 nitrogen and oxygen atoms in total. The number of nitrogens with one attached hydrogen (secondary N) is 2. The summed E-state index contributed by atoms with van der Waals surface area (Å²) >= 11 is 0. The van der Waals surface area contributed by atoms with Gasteiger partial charge in [-0.3, -0.25) is 9.80 Å². The number of aryl methyl sites for hydroxylation is 1. The summed E-state index contributed by atoms with van der Waals surface area (Å²) in [5.74, 6) is 0.913. The molecule has 2 N–H and O–H groups in total. The number of fused-ring (bicyclic) bond motifs is 3. The van der Waals surface area contributed by atoms with E-state index in [0.29, 0.717) is 0 Å². The molecule has 0 radical (unpaired) electrons. The van der Waals surface area contributed by atoms with Crippen LogP contribution >= 0.6 is 0 Å². The number of H-pyrrole nitrogens is 2. The number of piperidine rings is 1. The number of hydrogen-bond acceptors (Lipinski definition) is 4. The minimum Gasteiger partial charge on any atom is -0.497 e. The highest BCUT2D eigenvalue weighted by Crippen LogP contribution is 2.41. The molecular weight excluding hydrogens is 350 g/mol. The molecule has 0 aliphatic carbocycles. The van der Waals surface area contributed by atoms with Gasteiger partial charge in [0.05, 0.1) is 24.7 Å². The Morgan fingerprint density at radius 2 is 2.04 bits per heavy atom. The highest BCUT2D eigenvalue weighted by Gasteiger charge is 2.44. The Balaban J connectivity index is 1.35. The second kappa shape index (κ2) is 6.64. The molecule has 0 saturated carbocycles. The molecule has 2 aliphatic heterocycles. The van der Waals surface area contributed by atoms with E-state index in [2.05, 4.69) is 45.9 Å². The molecule has 4 heterocycles. The van der Waals surface area contributed by atoms with Crippen molar-refractivity contribution in [2.24, 2.45) is 0 Å². The van der Waals surface area contributed by atoms with Crippen LogP contribution in [0.4, 0.5) is 0 Å². The van der Waals surface area contributed by atoms with E-state index < -0.39 is 0 Å². The van der Waals surface area contributed by atoms with Gasteiger partial charge in [0.2, 0.25) is 0 Å². The van der Waals surface area contributed by atoms with Crippen molar-refractivity contribution in [3.05, 3.63) is 47.2 Å². The van der Waals surface area contributed by atoms with Crippen molar-refractivity contribution in [3.63, 3.8) is 0 Å². The molecule has 1 spiro atoms. The van der Waals surface area contributed by atoms with Crippen molar-refractivity contribution >= 4 is 10.9 Å². The number of methoxy groups -OCH3 is 1. The zero-order valence-corrected chi connectivity index (χ0v) is 17.0. The Kier molecular flexibility index (Phi) is 4.21. The summed E-state index contributed by atoms with van der Waals surface area (Å²) in [6, 6.07) is 6.27. The normalized spacial score (nSPS) is 20.0. The molecular formula is C22H29N5O. The average molecular weight is 380 g/mol. The number of likely N-dealkylation sites (N-methyl/N-ethyl adjacent to an activating group) is 1. The third-order valence-corrected chi connectivity index (χ3v) is 7.02. The molecule has 1 aromatic carbocycles. The van der Waals surface area contributed by atoms with Gasteiger partial charge in [0.25, 0.3) is 0 Å². The van der Waals surface area contributed by atoms with Crippen molar-refractivity contribution in [1.29, 1.82) is 0 Å². The standard InChI is InChI=1S/C22H29N5O/c1-15-17-12-16(28-3)4-5-18(17)25-20(15)13-27-10-7-22(8-11-27)21-19(23-14-24-21)6-9-26(22)2/h4-5,12,14,25H,6-11,13H2,1-3H3,(H,23,24). The molecule has 0 atom stereocenters. The summed E-state index contributed by atoms with van der Waals surface area (Å²) in [5, 5.41) is 1.26. The van der Waals surface area contributed by atoms with Gasteiger partial charge in [-0.15, -0.1) is 0 Å². The minimum atomic E-state index is 0.104. The number of rotatable bonds is 3. The quantitative estimate of drug-likeness (QED) is 0.734. The van der Waals surface area contributed by atoms with Crippen LogP contribution in [-0.2, 0) is 18.5 Å². The Morgan fingerprint density at radius 3 is 2.82 bits per heavy atom. The molecule has 3 aromatic rings. The Morgan fingerprint density at radius 1 is 1.21 bits per heavy atom. The lowest BCUT2D eigenvalue weighted by Gasteiger charge is -2.49. The number of nitrogens with zero attached hydrogens (tertiary/aromatic N) is 3. The van der Waals surface area contributed by atoms with Crippen LogP contribution in [0.2, 0.25) is 0 Å².